The van der Waals surface area contributed by atoms with E-state index < -0.39 is 10.0 Å². The third kappa shape index (κ3) is 5.75. The number of ether oxygens (including phenoxy) is 1. The quantitative estimate of drug-likeness (QED) is 0.661. The Kier molecular flexibility index (Phi) is 6.68. The Labute approximate surface area is 157 Å². The van der Waals surface area contributed by atoms with Crippen molar-refractivity contribution in [3.63, 3.8) is 0 Å². The van der Waals surface area contributed by atoms with E-state index in [0.717, 1.165) is 22.6 Å². The van der Waals surface area contributed by atoms with Crippen LogP contribution in [-0.4, -0.2) is 30.6 Å². The van der Waals surface area contributed by atoms with E-state index in [1.54, 1.807) is 38.1 Å². The lowest BCUT2D eigenvalue weighted by molar-refractivity contribution is -0.118. The normalized spacial score (nSPS) is 11.8. The van der Waals surface area contributed by atoms with Crippen LogP contribution in [0.3, 0.4) is 0 Å². The van der Waals surface area contributed by atoms with Gasteiger partial charge >= 0.3 is 0 Å². The molecule has 0 saturated carbocycles. The highest BCUT2D eigenvalue weighted by Gasteiger charge is 2.21. The molecule has 10 heteroatoms. The number of sulfonamides is 1. The number of carbonyl (C=O) groups excluding carboxylic acids is 1. The van der Waals surface area contributed by atoms with Gasteiger partial charge in [0, 0.05) is 12.5 Å². The predicted octanol–water partition coefficient (Wildman–Crippen LogP) is 2.40. The van der Waals surface area contributed by atoms with Crippen LogP contribution >= 0.6 is 11.3 Å². The molecule has 0 saturated heterocycles. The lowest BCUT2D eigenvalue weighted by Crippen LogP contribution is -2.23. The number of nitrogens with zero attached hydrogens (tertiary/aromatic N) is 2. The van der Waals surface area contributed by atoms with Crippen molar-refractivity contribution in [2.24, 2.45) is 5.92 Å². The van der Waals surface area contributed by atoms with Crippen molar-refractivity contribution < 1.29 is 17.9 Å². The highest BCUT2D eigenvalue weighted by molar-refractivity contribution is 7.91. The predicted molar refractivity (Wildman–Crippen MR) is 99.6 cm³/mol. The molecule has 0 spiro atoms. The largest absolute Gasteiger partial charge is 0.491 e. The summed E-state index contributed by atoms with van der Waals surface area (Å²) < 4.78 is 32.4. The molecule has 2 N–H and O–H groups in total. The van der Waals surface area contributed by atoms with Crippen LogP contribution in [0.15, 0.2) is 28.6 Å². The molecule has 1 aromatic heterocycles. The van der Waals surface area contributed by atoms with E-state index in [1.807, 2.05) is 13.8 Å². The van der Waals surface area contributed by atoms with Crippen LogP contribution in [0.25, 0.3) is 0 Å². The van der Waals surface area contributed by atoms with E-state index in [4.69, 9.17) is 4.74 Å². The van der Waals surface area contributed by atoms with E-state index >= 15 is 0 Å². The minimum atomic E-state index is -3.81. The molecule has 0 aliphatic heterocycles. The summed E-state index contributed by atoms with van der Waals surface area (Å²) in [5, 5.41) is 10.0. The summed E-state index contributed by atoms with van der Waals surface area (Å²) in [4.78, 5) is 11.6. The molecule has 0 radical (unpaired) electrons. The number of hydrogen-bond acceptors (Lipinski definition) is 7. The molecule has 0 bridgehead atoms. The zero-order valence-corrected chi connectivity index (χ0v) is 16.6. The maximum atomic E-state index is 12.3. The number of aromatic nitrogens is 2. The molecule has 8 nitrogen and oxygen atoms in total. The minimum Gasteiger partial charge on any atom is -0.491 e. The zero-order valence-electron chi connectivity index (χ0n) is 15.0. The van der Waals surface area contributed by atoms with E-state index in [1.165, 1.54) is 0 Å². The van der Waals surface area contributed by atoms with Gasteiger partial charge in [-0.05, 0) is 31.5 Å². The summed E-state index contributed by atoms with van der Waals surface area (Å²) in [7, 11) is -3.81. The number of amides is 1. The number of carbonyl (C=O) groups is 1. The smallest absolute Gasteiger partial charge is 0.270 e. The Bertz CT molecular complexity index is 845. The number of rotatable bonds is 8. The first-order valence-electron chi connectivity index (χ1n) is 8.07. The van der Waals surface area contributed by atoms with Crippen LogP contribution in [-0.2, 0) is 21.4 Å². The molecule has 142 valence electrons. The summed E-state index contributed by atoms with van der Waals surface area (Å²) in [5.41, 5.74) is 0.780. The fraction of sp³-hybridized carbons (Fsp3) is 0.438. The maximum absolute atomic E-state index is 12.3. The van der Waals surface area contributed by atoms with E-state index in [-0.39, 0.29) is 33.9 Å². The first-order chi connectivity index (χ1) is 12.2. The van der Waals surface area contributed by atoms with Crippen LogP contribution in [0.4, 0.5) is 5.13 Å². The molecule has 0 aliphatic carbocycles. The van der Waals surface area contributed by atoms with E-state index in [0.29, 0.717) is 0 Å². The van der Waals surface area contributed by atoms with Gasteiger partial charge in [-0.3, -0.25) is 4.79 Å². The molecule has 26 heavy (non-hydrogen) atoms. The summed E-state index contributed by atoms with van der Waals surface area (Å²) in [5.74, 6) is 0.239. The molecule has 2 rings (SSSR count). The third-order valence-electron chi connectivity index (χ3n) is 3.15. The average molecular weight is 399 g/mol. The van der Waals surface area contributed by atoms with Gasteiger partial charge in [-0.1, -0.05) is 37.3 Å². The molecule has 2 aromatic rings. The Hall–Kier alpha value is -2.04. The summed E-state index contributed by atoms with van der Waals surface area (Å²) in [6, 6.07) is 7.14. The van der Waals surface area contributed by atoms with Gasteiger partial charge < -0.3 is 10.1 Å². The van der Waals surface area contributed by atoms with Gasteiger partial charge in [0.15, 0.2) is 0 Å². The summed E-state index contributed by atoms with van der Waals surface area (Å²) >= 11 is 0.805. The van der Waals surface area contributed by atoms with Gasteiger partial charge in [0.25, 0.3) is 10.0 Å². The lowest BCUT2D eigenvalue weighted by Gasteiger charge is -2.10. The van der Waals surface area contributed by atoms with Gasteiger partial charge in [-0.15, -0.1) is 10.2 Å². The Balaban J connectivity index is 1.98. The van der Waals surface area contributed by atoms with Gasteiger partial charge in [0.2, 0.25) is 15.4 Å². The highest BCUT2D eigenvalue weighted by Crippen LogP contribution is 2.21. The van der Waals surface area contributed by atoms with Gasteiger partial charge in [-0.2, -0.15) is 0 Å². The molecule has 1 amide bonds. The molecule has 0 unspecified atom stereocenters. The number of benzene rings is 1. The zero-order chi connectivity index (χ0) is 19.3. The van der Waals surface area contributed by atoms with Crippen molar-refractivity contribution >= 4 is 32.4 Å². The van der Waals surface area contributed by atoms with Crippen molar-refractivity contribution in [2.45, 2.75) is 44.7 Å². The number of nitrogens with one attached hydrogen (secondary N) is 2. The van der Waals surface area contributed by atoms with Crippen LogP contribution in [0, 0.1) is 5.92 Å². The summed E-state index contributed by atoms with van der Waals surface area (Å²) in [6.07, 6.45) is 0.0714. The maximum Gasteiger partial charge on any atom is 0.270 e. The first kappa shape index (κ1) is 20.3. The minimum absolute atomic E-state index is 0.0714. The van der Waals surface area contributed by atoms with Crippen molar-refractivity contribution in [1.29, 1.82) is 0 Å². The van der Waals surface area contributed by atoms with Crippen molar-refractivity contribution in [1.82, 2.24) is 14.9 Å². The third-order valence-corrected chi connectivity index (χ3v) is 5.76. The second-order valence-corrected chi connectivity index (χ2v) is 9.07. The standard InChI is InChI=1S/C16H22N4O4S2/c1-10(2)14(21)18-15-19-20-16(25-15)26(22,23)17-9-12-5-7-13(8-6-12)24-11(3)4/h5-8,10-11,17H,9H2,1-4H3,(H,18,19,21). The summed E-state index contributed by atoms with van der Waals surface area (Å²) in [6.45, 7) is 7.43. The molecular weight excluding hydrogens is 376 g/mol. The Morgan fingerprint density at radius 1 is 1.15 bits per heavy atom. The second kappa shape index (κ2) is 8.56. The SMILES string of the molecule is CC(C)Oc1ccc(CNS(=O)(=O)c2nnc(NC(=O)C(C)C)s2)cc1. The van der Waals surface area contributed by atoms with Crippen molar-refractivity contribution in [2.75, 3.05) is 5.32 Å². The highest BCUT2D eigenvalue weighted by atomic mass is 32.2. The van der Waals surface area contributed by atoms with Gasteiger partial charge in [0.05, 0.1) is 6.10 Å². The topological polar surface area (TPSA) is 110 Å². The number of anilines is 1. The average Bonchev–Trinajstić information content (AvgIpc) is 3.03. The Morgan fingerprint density at radius 3 is 2.38 bits per heavy atom. The van der Waals surface area contributed by atoms with Crippen LogP contribution in [0.2, 0.25) is 0 Å². The van der Waals surface area contributed by atoms with Gasteiger partial charge in [0.1, 0.15) is 5.75 Å². The molecule has 1 heterocycles. The van der Waals surface area contributed by atoms with Crippen LogP contribution in [0.1, 0.15) is 33.3 Å². The molecule has 0 aliphatic rings. The molecule has 0 fully saturated rings. The monoisotopic (exact) mass is 398 g/mol. The lowest BCUT2D eigenvalue weighted by atomic mass is 10.2. The first-order valence-corrected chi connectivity index (χ1v) is 10.4. The fourth-order valence-corrected chi connectivity index (χ4v) is 3.78. The Morgan fingerprint density at radius 2 is 1.81 bits per heavy atom. The van der Waals surface area contributed by atoms with Crippen molar-refractivity contribution in [3.8, 4) is 5.75 Å². The molecular formula is C16H22N4O4S2. The number of hydrogen-bond donors (Lipinski definition) is 2. The van der Waals surface area contributed by atoms with E-state index in [9.17, 15) is 13.2 Å². The second-order valence-electron chi connectivity index (χ2n) is 6.15. The fourth-order valence-electron chi connectivity index (χ4n) is 1.82. The van der Waals surface area contributed by atoms with Crippen molar-refractivity contribution in [3.05, 3.63) is 29.8 Å². The van der Waals surface area contributed by atoms with Crippen LogP contribution in [0.5, 0.6) is 5.75 Å². The van der Waals surface area contributed by atoms with Gasteiger partial charge in [-0.25, -0.2) is 13.1 Å². The molecule has 1 aromatic carbocycles. The van der Waals surface area contributed by atoms with E-state index in [2.05, 4.69) is 20.2 Å². The molecule has 0 atom stereocenters. The van der Waals surface area contributed by atoms with Crippen LogP contribution < -0.4 is 14.8 Å².